The summed E-state index contributed by atoms with van der Waals surface area (Å²) >= 11 is 0. The maximum absolute atomic E-state index is 11.0. The van der Waals surface area contributed by atoms with Crippen molar-refractivity contribution in [2.24, 2.45) is 0 Å². The molecule has 82 valence electrons. The lowest BCUT2D eigenvalue weighted by Gasteiger charge is -2.03. The van der Waals surface area contributed by atoms with Gasteiger partial charge in [-0.3, -0.25) is 0 Å². The van der Waals surface area contributed by atoms with Crippen molar-refractivity contribution in [1.82, 2.24) is 0 Å². The Kier molecular flexibility index (Phi) is 4.10. The molecule has 0 unspecified atom stereocenters. The van der Waals surface area contributed by atoms with E-state index in [0.717, 1.165) is 5.56 Å². The molecule has 0 amide bonds. The molecule has 0 aliphatic rings. The molecule has 0 bridgehead atoms. The highest BCUT2D eigenvalue weighted by Crippen LogP contribution is 2.10. The second kappa shape index (κ2) is 5.56. The van der Waals surface area contributed by atoms with E-state index in [2.05, 4.69) is 6.58 Å². The Morgan fingerprint density at radius 2 is 2.06 bits per heavy atom. The molecule has 0 atom stereocenters. The van der Waals surface area contributed by atoms with Gasteiger partial charge in [0.25, 0.3) is 0 Å². The summed E-state index contributed by atoms with van der Waals surface area (Å²) in [4.78, 5) is 11.0. The van der Waals surface area contributed by atoms with Gasteiger partial charge in [0.1, 0.15) is 17.4 Å². The summed E-state index contributed by atoms with van der Waals surface area (Å²) in [6, 6.07) is 8.22. The molecule has 0 aromatic heterocycles. The van der Waals surface area contributed by atoms with Crippen LogP contribution in [0.1, 0.15) is 5.56 Å². The number of nitriles is 1. The van der Waals surface area contributed by atoms with E-state index in [1.165, 1.54) is 0 Å². The number of aromatic hydroxyl groups is 1. The number of phenols is 1. The van der Waals surface area contributed by atoms with Crippen molar-refractivity contribution in [3.8, 4) is 11.8 Å². The SMILES string of the molecule is C=C(C#N)C(=O)OCCc1ccc(O)cc1. The van der Waals surface area contributed by atoms with Crippen LogP contribution in [0.5, 0.6) is 5.75 Å². The molecule has 1 N–H and O–H groups in total. The predicted molar refractivity (Wildman–Crippen MR) is 57.5 cm³/mol. The fraction of sp³-hybridized carbons (Fsp3) is 0.167. The molecule has 0 heterocycles. The van der Waals surface area contributed by atoms with E-state index in [0.29, 0.717) is 6.42 Å². The van der Waals surface area contributed by atoms with E-state index in [1.807, 2.05) is 0 Å². The Hall–Kier alpha value is -2.28. The molecule has 0 spiro atoms. The van der Waals surface area contributed by atoms with Gasteiger partial charge in [-0.1, -0.05) is 18.7 Å². The Morgan fingerprint density at radius 3 is 2.62 bits per heavy atom. The minimum atomic E-state index is -0.693. The first-order chi connectivity index (χ1) is 7.63. The molecule has 0 aliphatic heterocycles. The Labute approximate surface area is 93.4 Å². The van der Waals surface area contributed by atoms with Crippen molar-refractivity contribution >= 4 is 5.97 Å². The zero-order chi connectivity index (χ0) is 12.0. The van der Waals surface area contributed by atoms with E-state index >= 15 is 0 Å². The van der Waals surface area contributed by atoms with Crippen LogP contribution in [-0.2, 0) is 16.0 Å². The molecule has 0 radical (unpaired) electrons. The highest BCUT2D eigenvalue weighted by atomic mass is 16.5. The fourth-order valence-corrected chi connectivity index (χ4v) is 1.06. The molecule has 0 saturated heterocycles. The lowest BCUT2D eigenvalue weighted by atomic mass is 10.1. The summed E-state index contributed by atoms with van der Waals surface area (Å²) < 4.78 is 4.81. The van der Waals surface area contributed by atoms with Gasteiger partial charge >= 0.3 is 5.97 Å². The molecule has 0 saturated carbocycles. The number of hydrogen-bond acceptors (Lipinski definition) is 4. The second-order valence-corrected chi connectivity index (χ2v) is 3.14. The molecule has 0 fully saturated rings. The Bertz CT molecular complexity index is 429. The molecule has 4 nitrogen and oxygen atoms in total. The van der Waals surface area contributed by atoms with Crippen LogP contribution in [0.25, 0.3) is 0 Å². The highest BCUT2D eigenvalue weighted by molar-refractivity contribution is 5.91. The van der Waals surface area contributed by atoms with Crippen molar-refractivity contribution in [2.75, 3.05) is 6.61 Å². The molecule has 1 aromatic rings. The first-order valence-electron chi connectivity index (χ1n) is 4.67. The standard InChI is InChI=1S/C12H11NO3/c1-9(8-13)12(15)16-7-6-10-2-4-11(14)5-3-10/h2-5,14H,1,6-7H2. The lowest BCUT2D eigenvalue weighted by Crippen LogP contribution is -2.08. The predicted octanol–water partition coefficient (Wildman–Crippen LogP) is 1.56. The Morgan fingerprint density at radius 1 is 1.44 bits per heavy atom. The van der Waals surface area contributed by atoms with Crippen molar-refractivity contribution in [3.63, 3.8) is 0 Å². The van der Waals surface area contributed by atoms with Gasteiger partial charge in [-0.2, -0.15) is 5.26 Å². The van der Waals surface area contributed by atoms with Crippen LogP contribution < -0.4 is 0 Å². The maximum atomic E-state index is 11.0. The summed E-state index contributed by atoms with van der Waals surface area (Å²) in [7, 11) is 0. The summed E-state index contributed by atoms with van der Waals surface area (Å²) in [6.45, 7) is 3.43. The summed E-state index contributed by atoms with van der Waals surface area (Å²) in [5.41, 5.74) is 0.735. The number of nitrogens with zero attached hydrogens (tertiary/aromatic N) is 1. The van der Waals surface area contributed by atoms with E-state index in [-0.39, 0.29) is 17.9 Å². The number of phenolic OH excluding ortho intramolecular Hbond substituents is 1. The largest absolute Gasteiger partial charge is 0.508 e. The van der Waals surface area contributed by atoms with E-state index in [1.54, 1.807) is 30.3 Å². The molecular formula is C12H11NO3. The van der Waals surface area contributed by atoms with Crippen LogP contribution in [0.15, 0.2) is 36.4 Å². The smallest absolute Gasteiger partial charge is 0.348 e. The third kappa shape index (κ3) is 3.46. The number of ether oxygens (including phenoxy) is 1. The zero-order valence-corrected chi connectivity index (χ0v) is 8.64. The van der Waals surface area contributed by atoms with E-state index in [9.17, 15) is 4.79 Å². The Balaban J connectivity index is 2.37. The summed E-state index contributed by atoms with van der Waals surface area (Å²) in [5, 5.41) is 17.4. The molecular weight excluding hydrogens is 206 g/mol. The van der Waals surface area contributed by atoms with Crippen LogP contribution >= 0.6 is 0 Å². The number of benzene rings is 1. The van der Waals surface area contributed by atoms with Gasteiger partial charge in [0.2, 0.25) is 0 Å². The third-order valence-corrected chi connectivity index (χ3v) is 1.94. The number of carbonyl (C=O) groups is 1. The minimum absolute atomic E-state index is 0.185. The molecule has 16 heavy (non-hydrogen) atoms. The minimum Gasteiger partial charge on any atom is -0.508 e. The van der Waals surface area contributed by atoms with Crippen molar-refractivity contribution in [1.29, 1.82) is 5.26 Å². The zero-order valence-electron chi connectivity index (χ0n) is 8.64. The number of rotatable bonds is 4. The highest BCUT2D eigenvalue weighted by Gasteiger charge is 2.06. The van der Waals surface area contributed by atoms with Crippen molar-refractivity contribution in [2.45, 2.75) is 6.42 Å². The van der Waals surface area contributed by atoms with Crippen LogP contribution in [0, 0.1) is 11.3 Å². The van der Waals surface area contributed by atoms with Gasteiger partial charge in [-0.05, 0) is 17.7 Å². The summed E-state index contributed by atoms with van der Waals surface area (Å²) in [5.74, 6) is -0.500. The first-order valence-corrected chi connectivity index (χ1v) is 4.67. The van der Waals surface area contributed by atoms with Crippen LogP contribution in [0.3, 0.4) is 0 Å². The van der Waals surface area contributed by atoms with Crippen LogP contribution in [-0.4, -0.2) is 17.7 Å². The van der Waals surface area contributed by atoms with Gasteiger partial charge in [0.15, 0.2) is 0 Å². The van der Waals surface area contributed by atoms with Gasteiger partial charge in [-0.25, -0.2) is 4.79 Å². The quantitative estimate of drug-likeness (QED) is 0.472. The monoisotopic (exact) mass is 217 g/mol. The lowest BCUT2D eigenvalue weighted by molar-refractivity contribution is -0.138. The van der Waals surface area contributed by atoms with Crippen molar-refractivity contribution in [3.05, 3.63) is 42.0 Å². The average molecular weight is 217 g/mol. The molecule has 1 aromatic carbocycles. The molecule has 1 rings (SSSR count). The summed E-state index contributed by atoms with van der Waals surface area (Å²) in [6.07, 6.45) is 0.532. The second-order valence-electron chi connectivity index (χ2n) is 3.14. The van der Waals surface area contributed by atoms with Crippen LogP contribution in [0.4, 0.5) is 0 Å². The number of esters is 1. The fourth-order valence-electron chi connectivity index (χ4n) is 1.06. The molecule has 4 heteroatoms. The first kappa shape index (κ1) is 11.8. The van der Waals surface area contributed by atoms with Crippen molar-refractivity contribution < 1.29 is 14.6 Å². The van der Waals surface area contributed by atoms with Gasteiger partial charge in [0, 0.05) is 6.42 Å². The van der Waals surface area contributed by atoms with Crippen LogP contribution in [0.2, 0.25) is 0 Å². The van der Waals surface area contributed by atoms with Gasteiger partial charge < -0.3 is 9.84 Å². The maximum Gasteiger partial charge on any atom is 0.348 e. The third-order valence-electron chi connectivity index (χ3n) is 1.94. The number of carbonyl (C=O) groups excluding carboxylic acids is 1. The van der Waals surface area contributed by atoms with E-state index < -0.39 is 5.97 Å². The van der Waals surface area contributed by atoms with E-state index in [4.69, 9.17) is 15.1 Å². The average Bonchev–Trinajstić information content (AvgIpc) is 2.30. The van der Waals surface area contributed by atoms with Gasteiger partial charge in [0.05, 0.1) is 6.61 Å². The van der Waals surface area contributed by atoms with Gasteiger partial charge in [-0.15, -0.1) is 0 Å². The normalized spacial score (nSPS) is 9.19. The molecule has 0 aliphatic carbocycles. The number of hydrogen-bond donors (Lipinski definition) is 1. The topological polar surface area (TPSA) is 70.3 Å².